The summed E-state index contributed by atoms with van der Waals surface area (Å²) in [5.41, 5.74) is 7.42. The number of hydrogen-bond acceptors (Lipinski definition) is 5. The zero-order valence-corrected chi connectivity index (χ0v) is 30.5. The third-order valence-electron chi connectivity index (χ3n) is 12.2. The van der Waals surface area contributed by atoms with Gasteiger partial charge in [-0.2, -0.15) is 0 Å². The van der Waals surface area contributed by atoms with Gasteiger partial charge in [-0.15, -0.1) is 0 Å². The highest BCUT2D eigenvalue weighted by atomic mass is 16.7. The number of aliphatic hydroxyl groups is 1. The molecule has 5 aliphatic rings. The molecule has 3 N–H and O–H groups in total. The first-order valence-electron chi connectivity index (χ1n) is 19.3. The van der Waals surface area contributed by atoms with Crippen molar-refractivity contribution in [1.29, 1.82) is 0 Å². The van der Waals surface area contributed by atoms with Crippen LogP contribution in [0.2, 0.25) is 0 Å². The first-order chi connectivity index (χ1) is 25.3. The number of likely N-dealkylation sites (N-methyl/N-ethyl adjacent to an activating group) is 1. The molecule has 5 fully saturated rings. The van der Waals surface area contributed by atoms with Gasteiger partial charge < -0.3 is 25.2 Å². The molecule has 0 radical (unpaired) electrons. The monoisotopic (exact) mass is 699 g/mol. The number of nitrogens with one attached hydrogen (secondary N) is 2. The van der Waals surface area contributed by atoms with Crippen LogP contribution in [-0.2, 0) is 29.2 Å². The average Bonchev–Trinajstić information content (AvgIpc) is 3.15. The van der Waals surface area contributed by atoms with Gasteiger partial charge in [-0.25, -0.2) is 4.79 Å². The highest BCUT2D eigenvalue weighted by Crippen LogP contribution is 2.55. The summed E-state index contributed by atoms with van der Waals surface area (Å²) in [4.78, 5) is 15.5. The number of rotatable bonds is 11. The van der Waals surface area contributed by atoms with Crippen molar-refractivity contribution in [3.8, 4) is 11.1 Å². The first-order valence-corrected chi connectivity index (χ1v) is 19.3. The van der Waals surface area contributed by atoms with Crippen molar-refractivity contribution in [3.05, 3.63) is 131 Å². The third kappa shape index (κ3) is 7.84. The quantitative estimate of drug-likeness (QED) is 0.146. The summed E-state index contributed by atoms with van der Waals surface area (Å²) in [6, 6.07) is 35.5. The Kier molecular flexibility index (Phi) is 10.2. The van der Waals surface area contributed by atoms with Gasteiger partial charge in [0.25, 0.3) is 0 Å². The molecule has 4 bridgehead atoms. The molecule has 4 atom stereocenters. The lowest BCUT2D eigenvalue weighted by Gasteiger charge is -2.56. The molecule has 7 heteroatoms. The fraction of sp³-hybridized carbons (Fsp3) is 0.444. The van der Waals surface area contributed by atoms with Crippen LogP contribution in [0.15, 0.2) is 103 Å². The minimum absolute atomic E-state index is 0.000378. The van der Waals surface area contributed by atoms with Gasteiger partial charge in [-0.1, -0.05) is 97.9 Å². The molecule has 0 unspecified atom stereocenters. The van der Waals surface area contributed by atoms with Gasteiger partial charge >= 0.3 is 6.03 Å². The Bertz CT molecular complexity index is 1790. The predicted molar refractivity (Wildman–Crippen MR) is 204 cm³/mol. The number of ether oxygens (including phenoxy) is 2. The molecular weight excluding hydrogens is 647 g/mol. The Labute approximate surface area is 308 Å². The maximum absolute atomic E-state index is 13.2. The fourth-order valence-corrected chi connectivity index (χ4v) is 10.1. The second kappa shape index (κ2) is 15.2. The predicted octanol–water partition coefficient (Wildman–Crippen LogP) is 8.54. The topological polar surface area (TPSA) is 83.1 Å². The van der Waals surface area contributed by atoms with Gasteiger partial charge in [-0.3, -0.25) is 4.90 Å². The summed E-state index contributed by atoms with van der Waals surface area (Å²) >= 11 is 0. The van der Waals surface area contributed by atoms with Crippen LogP contribution in [0.3, 0.4) is 0 Å². The van der Waals surface area contributed by atoms with E-state index >= 15 is 0 Å². The maximum atomic E-state index is 13.2. The molecular formula is C45H53N3O4. The molecule has 0 aromatic heterocycles. The van der Waals surface area contributed by atoms with E-state index in [0.717, 1.165) is 83.5 Å². The van der Waals surface area contributed by atoms with E-state index in [0.29, 0.717) is 6.54 Å². The molecule has 2 amide bonds. The summed E-state index contributed by atoms with van der Waals surface area (Å²) in [5.74, 6) is 2.48. The van der Waals surface area contributed by atoms with Crippen LogP contribution in [0.4, 0.5) is 4.79 Å². The minimum atomic E-state index is -0.549. The Hall–Kier alpha value is -4.01. The molecule has 1 aliphatic heterocycles. The molecule has 272 valence electrons. The fourth-order valence-electron chi connectivity index (χ4n) is 10.1. The lowest BCUT2D eigenvalue weighted by molar-refractivity contribution is -0.276. The summed E-state index contributed by atoms with van der Waals surface area (Å²) in [6.07, 6.45) is 6.73. The van der Waals surface area contributed by atoms with Crippen LogP contribution in [0.5, 0.6) is 0 Å². The minimum Gasteiger partial charge on any atom is -0.392 e. The van der Waals surface area contributed by atoms with E-state index in [1.54, 1.807) is 0 Å². The molecule has 1 saturated heterocycles. The molecule has 52 heavy (non-hydrogen) atoms. The van der Waals surface area contributed by atoms with E-state index in [-0.39, 0.29) is 36.3 Å². The number of carbonyl (C=O) groups excluding carboxylic acids is 1. The molecule has 4 aromatic rings. The van der Waals surface area contributed by atoms with Crippen molar-refractivity contribution in [2.75, 3.05) is 13.6 Å². The highest BCUT2D eigenvalue weighted by molar-refractivity contribution is 5.75. The molecule has 4 aliphatic carbocycles. The van der Waals surface area contributed by atoms with Gasteiger partial charge in [-0.05, 0) is 109 Å². The van der Waals surface area contributed by atoms with Gasteiger partial charge in [0, 0.05) is 36.7 Å². The number of carbonyl (C=O) groups is 1. The average molecular weight is 700 g/mol. The lowest BCUT2D eigenvalue weighted by atomic mass is 9.53. The van der Waals surface area contributed by atoms with Crippen molar-refractivity contribution in [2.45, 2.75) is 89.2 Å². The van der Waals surface area contributed by atoms with E-state index in [2.05, 4.69) is 114 Å². The number of benzene rings is 4. The van der Waals surface area contributed by atoms with Crippen LogP contribution >= 0.6 is 0 Å². The Balaban J connectivity index is 0.966. The van der Waals surface area contributed by atoms with Gasteiger partial charge in [0.1, 0.15) is 0 Å². The maximum Gasteiger partial charge on any atom is 0.315 e. The van der Waals surface area contributed by atoms with Crippen LogP contribution in [0, 0.1) is 23.7 Å². The van der Waals surface area contributed by atoms with Crippen LogP contribution < -0.4 is 10.6 Å². The Morgan fingerprint density at radius 3 is 2.12 bits per heavy atom. The van der Waals surface area contributed by atoms with E-state index in [4.69, 9.17) is 9.47 Å². The molecule has 9 rings (SSSR count). The highest BCUT2D eigenvalue weighted by Gasteiger charge is 2.51. The summed E-state index contributed by atoms with van der Waals surface area (Å²) < 4.78 is 13.6. The largest absolute Gasteiger partial charge is 0.392 e. The number of amides is 2. The van der Waals surface area contributed by atoms with E-state index in [1.165, 1.54) is 24.8 Å². The zero-order chi connectivity index (χ0) is 35.7. The van der Waals surface area contributed by atoms with Crippen molar-refractivity contribution >= 4 is 6.03 Å². The van der Waals surface area contributed by atoms with Crippen molar-refractivity contribution < 1.29 is 19.4 Å². The smallest absolute Gasteiger partial charge is 0.315 e. The third-order valence-corrected chi connectivity index (χ3v) is 12.2. The number of urea groups is 1. The van der Waals surface area contributed by atoms with Gasteiger partial charge in [0.15, 0.2) is 6.29 Å². The van der Waals surface area contributed by atoms with Crippen LogP contribution in [0.1, 0.15) is 85.7 Å². The summed E-state index contributed by atoms with van der Waals surface area (Å²) in [6.45, 7) is 4.29. The second-order valence-electron chi connectivity index (χ2n) is 16.3. The van der Waals surface area contributed by atoms with Gasteiger partial charge in [0.2, 0.25) is 0 Å². The Morgan fingerprint density at radius 1 is 0.769 bits per heavy atom. The van der Waals surface area contributed by atoms with Crippen LogP contribution in [0.25, 0.3) is 11.1 Å². The van der Waals surface area contributed by atoms with Crippen molar-refractivity contribution in [3.63, 3.8) is 0 Å². The summed E-state index contributed by atoms with van der Waals surface area (Å²) in [5, 5.41) is 16.3. The molecule has 7 nitrogen and oxygen atoms in total. The number of aliphatic hydroxyl groups excluding tert-OH is 1. The van der Waals surface area contributed by atoms with Crippen LogP contribution in [-0.4, -0.2) is 41.3 Å². The lowest BCUT2D eigenvalue weighted by Crippen LogP contribution is -2.61. The second-order valence-corrected chi connectivity index (χ2v) is 16.3. The van der Waals surface area contributed by atoms with Gasteiger partial charge in [0.05, 0.1) is 18.8 Å². The zero-order valence-electron chi connectivity index (χ0n) is 30.5. The molecule has 1 heterocycles. The number of nitrogens with zero attached hydrogens (tertiary/aromatic N) is 1. The molecule has 0 spiro atoms. The van der Waals surface area contributed by atoms with E-state index in [1.807, 2.05) is 18.2 Å². The normalized spacial score (nSPS) is 29.3. The molecule has 4 saturated carbocycles. The van der Waals surface area contributed by atoms with Crippen molar-refractivity contribution in [2.24, 2.45) is 23.7 Å². The van der Waals surface area contributed by atoms with E-state index < -0.39 is 6.29 Å². The number of hydrogen-bond donors (Lipinski definition) is 3. The Morgan fingerprint density at radius 2 is 1.42 bits per heavy atom. The summed E-state index contributed by atoms with van der Waals surface area (Å²) in [7, 11) is 2.15. The SMILES string of the molecule is C[C@@H]1[C@H](CN(C)Cc2ccccc2)O[C@H](c2cccc(-c3cccc(CNC(=O)NC45CC6CC(CC(C6)C4)C5)c3)c2)O[C@@H]1c1ccc(CO)cc1. The molecule has 4 aromatic carbocycles. The van der Waals surface area contributed by atoms with Crippen molar-refractivity contribution in [1.82, 2.24) is 15.5 Å². The van der Waals surface area contributed by atoms with E-state index in [9.17, 15) is 9.90 Å². The standard InChI is InChI=1S/C45H53N3O4/c1-30-41(28-48(2)27-31-8-4-3-5-9-31)51-43(52-42(30)37-16-14-32(29-49)15-17-37)40-13-7-12-39(22-40)38-11-6-10-33(21-38)26-46-44(50)47-45-23-34-18-35(24-45)20-36(19-34)25-45/h3-17,21-22,30,34-36,41-43,49H,18-20,23-29H2,1-2H3,(H2,46,47,50)/t30-,34?,35?,36?,41+,42+,43+,45?/m1/s1. The first kappa shape index (κ1) is 35.0.